The average molecular weight is 795 g/mol. The van der Waals surface area contributed by atoms with Crippen LogP contribution in [0.15, 0.2) is 0 Å². The minimum atomic E-state index is -4.94. The van der Waals surface area contributed by atoms with Crippen LogP contribution >= 0.6 is 0 Å². The summed E-state index contributed by atoms with van der Waals surface area (Å²) in [4.78, 5) is 47.5. The van der Waals surface area contributed by atoms with Gasteiger partial charge >= 0.3 is 219 Å². The molecule has 0 fully saturated rings. The molecule has 26 heteroatoms. The molecular formula is C9H10BrCl2INNa7O14. The van der Waals surface area contributed by atoms with Crippen LogP contribution in [0.2, 0.25) is 0 Å². The van der Waals surface area contributed by atoms with Crippen LogP contribution in [0.1, 0.15) is 19.8 Å². The van der Waals surface area contributed by atoms with Crippen molar-refractivity contribution in [3.8, 4) is 0 Å². The van der Waals surface area contributed by atoms with Gasteiger partial charge in [0, 0.05) is 18.4 Å². The van der Waals surface area contributed by atoms with Crippen molar-refractivity contribution >= 4 is 30.0 Å². The minimum absolute atomic E-state index is 0. The Labute approximate surface area is 390 Å². The first-order chi connectivity index (χ1) is 10.9. The van der Waals surface area contributed by atoms with E-state index in [0.717, 1.165) is 6.92 Å². The number of carboxylic acid groups (broad SMARTS) is 4. The number of isocyanates is 1. The van der Waals surface area contributed by atoms with Crippen LogP contribution in [0.25, 0.3) is 5.41 Å². The predicted octanol–water partition coefficient (Wildman–Crippen LogP) is -38.7. The van der Waals surface area contributed by atoms with Gasteiger partial charge in [-0.05, 0) is 13.0 Å². The second kappa shape index (κ2) is 55.7. The van der Waals surface area contributed by atoms with Crippen molar-refractivity contribution in [2.24, 2.45) is 0 Å². The van der Waals surface area contributed by atoms with E-state index < -0.39 is 52.6 Å². The summed E-state index contributed by atoms with van der Waals surface area (Å²) in [6, 6.07) is 0. The van der Waals surface area contributed by atoms with E-state index in [1.807, 2.05) is 0 Å². The SMILES string of the molecule is CC(=O)[O-].O=C([O-])CC(O)(CC(=O)O)C(=O)O.[Br-].[Cl-].[I-].[N-]=C=O.[Na+].[Na+].[Na+].[Na+].[Na+].[Na+].[Na+].[O-][Cl+3]([O-])([O-])[O-]. The van der Waals surface area contributed by atoms with Crippen molar-refractivity contribution < 1.29 is 339 Å². The number of rotatable bonds is 5. The molecule has 35 heavy (non-hydrogen) atoms. The molecule has 3 N–H and O–H groups in total. The molecule has 0 spiro atoms. The summed E-state index contributed by atoms with van der Waals surface area (Å²) in [5, 5.41) is 51.2. The molecule has 0 aromatic rings. The van der Waals surface area contributed by atoms with E-state index in [2.05, 4.69) is 0 Å². The molecule has 0 heterocycles. The fourth-order valence-corrected chi connectivity index (χ4v) is 0.703. The molecule has 1 unspecified atom stereocenters. The van der Waals surface area contributed by atoms with Crippen molar-refractivity contribution in [3.05, 3.63) is 5.41 Å². The summed E-state index contributed by atoms with van der Waals surface area (Å²) in [5.74, 6) is -6.42. The Morgan fingerprint density at radius 3 is 1.11 bits per heavy atom. The predicted molar refractivity (Wildman–Crippen MR) is 54.2 cm³/mol. The first kappa shape index (κ1) is 90.0. The van der Waals surface area contributed by atoms with E-state index in [-0.39, 0.29) is 260 Å². The van der Waals surface area contributed by atoms with Gasteiger partial charge in [-0.1, -0.05) is 0 Å². The number of carboxylic acids is 4. The second-order valence-corrected chi connectivity index (χ2v) is 4.17. The van der Waals surface area contributed by atoms with Crippen LogP contribution in [-0.2, 0) is 24.0 Å². The van der Waals surface area contributed by atoms with Gasteiger partial charge in [0.05, 0.1) is 6.42 Å². The van der Waals surface area contributed by atoms with Crippen molar-refractivity contribution in [1.29, 1.82) is 0 Å². The zero-order chi connectivity index (χ0) is 21.4. The van der Waals surface area contributed by atoms with Crippen LogP contribution in [0.4, 0.5) is 0 Å². The van der Waals surface area contributed by atoms with Crippen molar-refractivity contribution in [1.82, 2.24) is 0 Å². The first-order valence-corrected chi connectivity index (χ1v) is 6.34. The maximum Gasteiger partial charge on any atom is 1.00 e. The number of aliphatic hydroxyl groups is 1. The number of hydrogen-bond donors (Lipinski definition) is 3. The molecule has 0 saturated heterocycles. The molecule has 0 aliphatic carbocycles. The van der Waals surface area contributed by atoms with Gasteiger partial charge in [-0.15, -0.1) is 10.2 Å². The van der Waals surface area contributed by atoms with Crippen molar-refractivity contribution in [3.63, 3.8) is 0 Å². The van der Waals surface area contributed by atoms with Crippen LogP contribution in [0.5, 0.6) is 0 Å². The Morgan fingerprint density at radius 1 is 0.857 bits per heavy atom. The van der Waals surface area contributed by atoms with Gasteiger partial charge in [-0.3, -0.25) is 9.59 Å². The average Bonchev–Trinajstić information content (AvgIpc) is 2.23. The summed E-state index contributed by atoms with van der Waals surface area (Å²) in [6.45, 7) is 0.972. The third kappa shape index (κ3) is 120. The van der Waals surface area contributed by atoms with Crippen LogP contribution in [-0.4, -0.2) is 50.9 Å². The van der Waals surface area contributed by atoms with Gasteiger partial charge in [0.15, 0.2) is 5.60 Å². The molecule has 0 radical (unpaired) electrons. The molecule has 0 aromatic carbocycles. The topological polar surface area (TPSA) is 307 Å². The molecule has 0 saturated carbocycles. The first-order valence-electron chi connectivity index (χ1n) is 5.10. The van der Waals surface area contributed by atoms with Gasteiger partial charge in [0.2, 0.25) is 0 Å². The molecular weight excluding hydrogens is 785 g/mol. The number of halogens is 4. The Morgan fingerprint density at radius 2 is 1.03 bits per heavy atom. The van der Waals surface area contributed by atoms with E-state index in [0.29, 0.717) is 6.08 Å². The summed E-state index contributed by atoms with van der Waals surface area (Å²) in [7, 11) is -4.94. The largest absolute Gasteiger partial charge is 1.00 e. The molecule has 1 atom stereocenters. The summed E-state index contributed by atoms with van der Waals surface area (Å²) in [6.07, 6.45) is -1.94. The zero-order valence-electron chi connectivity index (χ0n) is 20.2. The maximum atomic E-state index is 10.3. The third-order valence-corrected chi connectivity index (χ3v) is 1.28. The Bertz CT molecular complexity index is 493. The van der Waals surface area contributed by atoms with Gasteiger partial charge < -0.3 is 93.9 Å². The molecule has 0 bridgehead atoms. The third-order valence-electron chi connectivity index (χ3n) is 1.28. The Balaban J connectivity index is -0.0000000147. The smallest absolute Gasteiger partial charge is 1.00 e. The quantitative estimate of drug-likeness (QED) is 0.101. The normalized spacial score (nSPS) is 8.06. The van der Waals surface area contributed by atoms with Crippen LogP contribution in [0.3, 0.4) is 0 Å². The summed E-state index contributed by atoms with van der Waals surface area (Å²) < 4.78 is 34.0. The van der Waals surface area contributed by atoms with Crippen LogP contribution in [0, 0.1) is 10.2 Å². The number of aliphatic carboxylic acids is 4. The Kier molecular flexibility index (Phi) is 143. The van der Waals surface area contributed by atoms with Gasteiger partial charge in [-0.2, -0.15) is 0 Å². The van der Waals surface area contributed by atoms with E-state index in [9.17, 15) is 19.5 Å². The molecule has 0 amide bonds. The molecule has 0 rings (SSSR count). The van der Waals surface area contributed by atoms with Crippen molar-refractivity contribution in [2.45, 2.75) is 25.4 Å². The van der Waals surface area contributed by atoms with E-state index in [1.165, 1.54) is 0 Å². The monoisotopic (exact) mass is 793 g/mol. The van der Waals surface area contributed by atoms with Gasteiger partial charge in [0.25, 0.3) is 0 Å². The zero-order valence-corrected chi connectivity index (χ0v) is 39.5. The number of hydrogen-bond acceptors (Lipinski definition) is 12. The minimum Gasteiger partial charge on any atom is -1.00 e. The van der Waals surface area contributed by atoms with E-state index in [1.54, 1.807) is 0 Å². The van der Waals surface area contributed by atoms with Crippen molar-refractivity contribution in [2.75, 3.05) is 0 Å². The number of carbonyl (C=O) groups excluding carboxylic acids is 3. The van der Waals surface area contributed by atoms with E-state index >= 15 is 0 Å². The Hall–Kier alpha value is 5.85. The number of carbonyl (C=O) groups is 4. The van der Waals surface area contributed by atoms with Gasteiger partial charge in [0.1, 0.15) is 0 Å². The summed E-state index contributed by atoms with van der Waals surface area (Å²) in [5.41, 5.74) is -2.80. The molecule has 15 nitrogen and oxygen atoms in total. The second-order valence-electron chi connectivity index (χ2n) is 3.42. The fourth-order valence-electron chi connectivity index (χ4n) is 0.703. The standard InChI is InChI=1S/C6H8O7.C2H4O2.CNO.BrH.ClHO4.ClH.HI.7Na/c7-3(8)1-6(13,5(11)12)2-4(9)10;1-2(3)4;2-1-3;;2-1(3,4)5;;;;;;;;;/h13H,1-2H2,(H,7,8)(H,9,10)(H,11,12);1H3,(H,3,4);;1H;(H,2,3,4,5);2*1H;;;;;;;/q;;-1;;;;;7*+1/p-6. The molecule has 0 aliphatic heterocycles. The van der Waals surface area contributed by atoms with E-state index in [4.69, 9.17) is 54.1 Å². The molecule has 0 aliphatic rings. The molecule has 170 valence electrons. The maximum absolute atomic E-state index is 10.3. The van der Waals surface area contributed by atoms with Gasteiger partial charge in [-0.25, -0.2) is 23.4 Å². The summed E-state index contributed by atoms with van der Waals surface area (Å²) >= 11 is 0. The fraction of sp³-hybridized carbons (Fsp3) is 0.444. The van der Waals surface area contributed by atoms with Crippen LogP contribution < -0.4 is 289 Å². The number of nitrogens with zero attached hydrogens (tertiary/aromatic N) is 1. The molecule has 0 aromatic heterocycles.